The van der Waals surface area contributed by atoms with E-state index in [-0.39, 0.29) is 17.8 Å². The summed E-state index contributed by atoms with van der Waals surface area (Å²) in [5, 5.41) is 14.8. The van der Waals surface area contributed by atoms with Gasteiger partial charge in [0.2, 0.25) is 0 Å². The van der Waals surface area contributed by atoms with E-state index in [4.69, 9.17) is 12.2 Å². The van der Waals surface area contributed by atoms with Gasteiger partial charge in [0.25, 0.3) is 0 Å². The van der Waals surface area contributed by atoms with Crippen LogP contribution in [0.5, 0.6) is 5.75 Å². The number of para-hydroxylation sites is 2. The third-order valence-corrected chi connectivity index (χ3v) is 7.09. The van der Waals surface area contributed by atoms with Gasteiger partial charge in [0, 0.05) is 23.6 Å². The van der Waals surface area contributed by atoms with Gasteiger partial charge in [-0.15, -0.1) is 0 Å². The fraction of sp³-hybridized carbons (Fsp3) is 0.360. The number of hydrogen-bond acceptors (Lipinski definition) is 3. The van der Waals surface area contributed by atoms with Crippen LogP contribution in [0.4, 0.5) is 5.69 Å². The standard InChI is InChI=1S/C25H28N4OS/c1-16-15-19(17(2)28(16)18-9-3-4-10-18)24-23(20-11-7-8-14-26-20)27-25(31)29(24)21-12-5-6-13-22(21)30/h5-8,11-15,18,23-24,30H,3-4,9-10H2,1-2H3,(H,27,31)/t23-,24+/m1/s1. The number of aromatic hydroxyl groups is 1. The molecule has 1 aliphatic carbocycles. The summed E-state index contributed by atoms with van der Waals surface area (Å²) in [7, 11) is 0. The molecule has 2 fully saturated rings. The van der Waals surface area contributed by atoms with Gasteiger partial charge in [-0.05, 0) is 74.8 Å². The number of aromatic nitrogens is 2. The van der Waals surface area contributed by atoms with Gasteiger partial charge in [0.15, 0.2) is 5.11 Å². The second-order valence-electron chi connectivity index (χ2n) is 8.62. The second-order valence-corrected chi connectivity index (χ2v) is 9.01. The summed E-state index contributed by atoms with van der Waals surface area (Å²) in [4.78, 5) is 6.70. The van der Waals surface area contributed by atoms with Crippen molar-refractivity contribution in [3.63, 3.8) is 0 Å². The largest absolute Gasteiger partial charge is 0.506 e. The maximum Gasteiger partial charge on any atom is 0.174 e. The van der Waals surface area contributed by atoms with Crippen molar-refractivity contribution in [2.75, 3.05) is 4.90 Å². The molecule has 2 atom stereocenters. The zero-order valence-electron chi connectivity index (χ0n) is 18.0. The molecule has 2 aliphatic rings. The van der Waals surface area contributed by atoms with E-state index in [0.717, 1.165) is 5.69 Å². The molecule has 31 heavy (non-hydrogen) atoms. The number of nitrogens with one attached hydrogen (secondary N) is 1. The van der Waals surface area contributed by atoms with Crippen molar-refractivity contribution in [1.29, 1.82) is 0 Å². The first-order valence-corrected chi connectivity index (χ1v) is 11.4. The van der Waals surface area contributed by atoms with Crippen molar-refractivity contribution in [1.82, 2.24) is 14.9 Å². The molecule has 3 heterocycles. The van der Waals surface area contributed by atoms with Crippen LogP contribution in [0, 0.1) is 13.8 Å². The zero-order valence-corrected chi connectivity index (χ0v) is 18.8. The number of hydrogen-bond donors (Lipinski definition) is 2. The summed E-state index contributed by atoms with van der Waals surface area (Å²) in [6, 6.07) is 16.1. The highest BCUT2D eigenvalue weighted by atomic mass is 32.1. The highest BCUT2D eigenvalue weighted by Gasteiger charge is 2.43. The molecular formula is C25H28N4OS. The Morgan fingerprint density at radius 1 is 1.06 bits per heavy atom. The minimum Gasteiger partial charge on any atom is -0.506 e. The Kier molecular flexibility index (Phi) is 5.18. The molecule has 1 aliphatic heterocycles. The molecule has 3 aromatic rings. The molecule has 2 aromatic heterocycles. The van der Waals surface area contributed by atoms with Crippen LogP contribution in [0.15, 0.2) is 54.7 Å². The monoisotopic (exact) mass is 432 g/mol. The molecular weight excluding hydrogens is 404 g/mol. The van der Waals surface area contributed by atoms with Gasteiger partial charge in [0.05, 0.1) is 23.5 Å². The van der Waals surface area contributed by atoms with Gasteiger partial charge in [-0.1, -0.05) is 31.0 Å². The van der Waals surface area contributed by atoms with Gasteiger partial charge < -0.3 is 19.9 Å². The van der Waals surface area contributed by atoms with Crippen molar-refractivity contribution >= 4 is 23.0 Å². The number of phenols is 1. The fourth-order valence-corrected chi connectivity index (χ4v) is 5.76. The van der Waals surface area contributed by atoms with E-state index < -0.39 is 0 Å². The average molecular weight is 433 g/mol. The number of phenolic OH excluding ortho intramolecular Hbond substituents is 1. The molecule has 160 valence electrons. The highest BCUT2D eigenvalue weighted by Crippen LogP contribution is 2.46. The van der Waals surface area contributed by atoms with Crippen LogP contribution in [0.25, 0.3) is 0 Å². The summed E-state index contributed by atoms with van der Waals surface area (Å²) >= 11 is 5.80. The lowest BCUT2D eigenvalue weighted by atomic mass is 9.96. The Bertz CT molecular complexity index is 1100. The predicted octanol–water partition coefficient (Wildman–Crippen LogP) is 5.50. The van der Waals surface area contributed by atoms with E-state index in [1.54, 1.807) is 6.07 Å². The van der Waals surface area contributed by atoms with E-state index in [1.165, 1.54) is 42.6 Å². The predicted molar refractivity (Wildman–Crippen MR) is 127 cm³/mol. The van der Waals surface area contributed by atoms with Crippen LogP contribution in [0.2, 0.25) is 0 Å². The van der Waals surface area contributed by atoms with Crippen LogP contribution in [-0.4, -0.2) is 19.8 Å². The Morgan fingerprint density at radius 3 is 2.52 bits per heavy atom. The highest BCUT2D eigenvalue weighted by molar-refractivity contribution is 7.80. The summed E-state index contributed by atoms with van der Waals surface area (Å²) in [5.41, 5.74) is 5.46. The van der Waals surface area contributed by atoms with E-state index in [0.29, 0.717) is 16.8 Å². The molecule has 0 spiro atoms. The quantitative estimate of drug-likeness (QED) is 0.533. The maximum atomic E-state index is 10.7. The lowest BCUT2D eigenvalue weighted by Crippen LogP contribution is -2.29. The van der Waals surface area contributed by atoms with Gasteiger partial charge in [-0.3, -0.25) is 4.98 Å². The van der Waals surface area contributed by atoms with E-state index in [2.05, 4.69) is 39.7 Å². The average Bonchev–Trinajstić information content (AvgIpc) is 3.47. The first kappa shape index (κ1) is 20.1. The Labute approximate surface area is 188 Å². The lowest BCUT2D eigenvalue weighted by molar-refractivity contribution is 0.472. The number of rotatable bonds is 4. The van der Waals surface area contributed by atoms with Crippen LogP contribution in [0.1, 0.15) is 66.5 Å². The SMILES string of the molecule is Cc1cc([C@H]2[C@@H](c3ccccn3)NC(=S)N2c2ccccc2O)c(C)n1C1CCCC1. The van der Waals surface area contributed by atoms with E-state index in [9.17, 15) is 5.11 Å². The number of benzene rings is 1. The van der Waals surface area contributed by atoms with Gasteiger partial charge in [0.1, 0.15) is 5.75 Å². The zero-order chi connectivity index (χ0) is 21.5. The van der Waals surface area contributed by atoms with Crippen LogP contribution < -0.4 is 10.2 Å². The number of anilines is 1. The molecule has 1 saturated carbocycles. The molecule has 0 unspecified atom stereocenters. The normalized spacial score (nSPS) is 21.6. The molecule has 1 saturated heterocycles. The Hall–Kier alpha value is -2.86. The first-order chi connectivity index (χ1) is 15.1. The molecule has 2 N–H and O–H groups in total. The molecule has 0 amide bonds. The molecule has 1 aromatic carbocycles. The van der Waals surface area contributed by atoms with Crippen LogP contribution in [-0.2, 0) is 0 Å². The van der Waals surface area contributed by atoms with Gasteiger partial charge >= 0.3 is 0 Å². The first-order valence-electron chi connectivity index (χ1n) is 11.0. The number of pyridine rings is 1. The number of nitrogens with zero attached hydrogens (tertiary/aromatic N) is 3. The van der Waals surface area contributed by atoms with Crippen LogP contribution >= 0.6 is 12.2 Å². The number of aryl methyl sites for hydroxylation is 1. The summed E-state index contributed by atoms with van der Waals surface area (Å²) < 4.78 is 2.52. The molecule has 5 rings (SSSR count). The second kappa shape index (κ2) is 8.00. The van der Waals surface area contributed by atoms with Gasteiger partial charge in [-0.25, -0.2) is 0 Å². The van der Waals surface area contributed by atoms with E-state index >= 15 is 0 Å². The number of thiocarbonyl (C=S) groups is 1. The fourth-order valence-electron chi connectivity index (χ4n) is 5.42. The Morgan fingerprint density at radius 2 is 1.81 bits per heavy atom. The van der Waals surface area contributed by atoms with E-state index in [1.807, 2.05) is 42.6 Å². The van der Waals surface area contributed by atoms with Crippen molar-refractivity contribution in [2.24, 2.45) is 0 Å². The molecule has 0 radical (unpaired) electrons. The summed E-state index contributed by atoms with van der Waals surface area (Å²) in [6.07, 6.45) is 6.90. The summed E-state index contributed by atoms with van der Waals surface area (Å²) in [6.45, 7) is 4.43. The lowest BCUT2D eigenvalue weighted by Gasteiger charge is -2.29. The third-order valence-electron chi connectivity index (χ3n) is 6.77. The van der Waals surface area contributed by atoms with Crippen molar-refractivity contribution in [3.8, 4) is 5.75 Å². The van der Waals surface area contributed by atoms with Crippen molar-refractivity contribution in [2.45, 2.75) is 57.7 Å². The molecule has 6 heteroatoms. The molecule has 5 nitrogen and oxygen atoms in total. The molecule has 0 bridgehead atoms. The van der Waals surface area contributed by atoms with Gasteiger partial charge in [-0.2, -0.15) is 0 Å². The van der Waals surface area contributed by atoms with Crippen LogP contribution in [0.3, 0.4) is 0 Å². The third kappa shape index (κ3) is 3.39. The van der Waals surface area contributed by atoms with Crippen molar-refractivity contribution < 1.29 is 5.11 Å². The topological polar surface area (TPSA) is 53.3 Å². The maximum absolute atomic E-state index is 10.7. The minimum absolute atomic E-state index is 0.1000. The minimum atomic E-state index is -0.106. The van der Waals surface area contributed by atoms with Crippen molar-refractivity contribution in [3.05, 3.63) is 77.4 Å². The smallest absolute Gasteiger partial charge is 0.174 e. The Balaban J connectivity index is 1.66. The summed E-state index contributed by atoms with van der Waals surface area (Å²) in [5.74, 6) is 0.225.